The quantitative estimate of drug-likeness (QED) is 0.859. The molecule has 1 heterocycles. The zero-order chi connectivity index (χ0) is 15.5. The van der Waals surface area contributed by atoms with Gasteiger partial charge in [0.1, 0.15) is 5.76 Å². The molecule has 0 amide bonds. The predicted octanol–water partition coefficient (Wildman–Crippen LogP) is 2.67. The average Bonchev–Trinajstić information content (AvgIpc) is 2.90. The smallest absolute Gasteiger partial charge is 0.238 e. The van der Waals surface area contributed by atoms with E-state index >= 15 is 0 Å². The Hall–Kier alpha value is -1.79. The van der Waals surface area contributed by atoms with E-state index in [0.717, 1.165) is 24.3 Å². The highest BCUT2D eigenvalue weighted by molar-refractivity contribution is 7.89. The van der Waals surface area contributed by atoms with E-state index < -0.39 is 10.0 Å². The van der Waals surface area contributed by atoms with E-state index in [9.17, 15) is 8.42 Å². The van der Waals surface area contributed by atoms with Gasteiger partial charge in [-0.2, -0.15) is 0 Å². The van der Waals surface area contributed by atoms with Crippen LogP contribution in [0.4, 0.5) is 5.69 Å². The van der Waals surface area contributed by atoms with Gasteiger partial charge in [0.25, 0.3) is 0 Å². The third kappa shape index (κ3) is 4.09. The monoisotopic (exact) mass is 308 g/mol. The van der Waals surface area contributed by atoms with E-state index in [1.165, 1.54) is 6.07 Å². The first-order valence-electron chi connectivity index (χ1n) is 6.79. The lowest BCUT2D eigenvalue weighted by molar-refractivity contribution is 0.495. The lowest BCUT2D eigenvalue weighted by Gasteiger charge is -2.18. The first-order valence-corrected chi connectivity index (χ1v) is 8.34. The molecule has 0 aliphatic heterocycles. The van der Waals surface area contributed by atoms with Gasteiger partial charge in [0.15, 0.2) is 0 Å². The minimum Gasteiger partial charge on any atom is -0.469 e. The number of rotatable bonds is 6. The highest BCUT2D eigenvalue weighted by atomic mass is 32.2. The van der Waals surface area contributed by atoms with Gasteiger partial charge in [-0.3, -0.25) is 0 Å². The van der Waals surface area contributed by atoms with Crippen LogP contribution >= 0.6 is 0 Å². The van der Waals surface area contributed by atoms with Crippen LogP contribution in [-0.4, -0.2) is 14.5 Å². The number of aryl methyl sites for hydroxylation is 1. The lowest BCUT2D eigenvalue weighted by Crippen LogP contribution is -2.19. The summed E-state index contributed by atoms with van der Waals surface area (Å²) in [5, 5.41) is 8.54. The second-order valence-corrected chi connectivity index (χ2v) is 6.67. The molecule has 0 spiro atoms. The Balaban J connectivity index is 2.05. The molecule has 0 saturated heterocycles. The van der Waals surface area contributed by atoms with Crippen LogP contribution in [0.1, 0.15) is 24.7 Å². The fraction of sp³-hybridized carbons (Fsp3) is 0.333. The van der Waals surface area contributed by atoms with E-state index in [1.54, 1.807) is 19.3 Å². The van der Waals surface area contributed by atoms with E-state index in [-0.39, 0.29) is 10.9 Å². The average molecular weight is 308 g/mol. The Kier molecular flexibility index (Phi) is 4.69. The molecule has 0 bridgehead atoms. The summed E-state index contributed by atoms with van der Waals surface area (Å²) >= 11 is 0. The predicted molar refractivity (Wildman–Crippen MR) is 82.7 cm³/mol. The number of sulfonamides is 1. The molecule has 0 aliphatic rings. The van der Waals surface area contributed by atoms with Crippen molar-refractivity contribution in [1.29, 1.82) is 0 Å². The summed E-state index contributed by atoms with van der Waals surface area (Å²) < 4.78 is 28.3. The van der Waals surface area contributed by atoms with Gasteiger partial charge in [-0.1, -0.05) is 6.07 Å². The topological polar surface area (TPSA) is 85.3 Å². The molecule has 0 fully saturated rings. The van der Waals surface area contributed by atoms with Gasteiger partial charge >= 0.3 is 0 Å². The van der Waals surface area contributed by atoms with Gasteiger partial charge in [0.2, 0.25) is 10.0 Å². The third-order valence-corrected chi connectivity index (χ3v) is 4.45. The van der Waals surface area contributed by atoms with Gasteiger partial charge in [-0.15, -0.1) is 0 Å². The van der Waals surface area contributed by atoms with Crippen LogP contribution in [0.15, 0.2) is 45.9 Å². The number of benzene rings is 1. The fourth-order valence-electron chi connectivity index (χ4n) is 2.23. The maximum absolute atomic E-state index is 11.5. The SMILES string of the molecule is Cc1c(NC(C)CCc2ccco2)cccc1S(N)(=O)=O. The maximum atomic E-state index is 11.5. The lowest BCUT2D eigenvalue weighted by atomic mass is 10.1. The Morgan fingerprint density at radius 1 is 1.29 bits per heavy atom. The molecule has 0 saturated carbocycles. The van der Waals surface area contributed by atoms with Gasteiger partial charge in [0, 0.05) is 18.2 Å². The molecule has 0 radical (unpaired) electrons. The normalized spacial score (nSPS) is 13.1. The Morgan fingerprint density at radius 3 is 2.67 bits per heavy atom. The molecule has 1 unspecified atom stereocenters. The Bertz CT molecular complexity index is 694. The molecule has 0 aliphatic carbocycles. The molecular weight excluding hydrogens is 288 g/mol. The minimum absolute atomic E-state index is 0.158. The van der Waals surface area contributed by atoms with E-state index in [1.807, 2.05) is 25.1 Å². The minimum atomic E-state index is -3.69. The van der Waals surface area contributed by atoms with Crippen LogP contribution in [-0.2, 0) is 16.4 Å². The van der Waals surface area contributed by atoms with Gasteiger partial charge in [0.05, 0.1) is 11.2 Å². The zero-order valence-electron chi connectivity index (χ0n) is 12.2. The molecule has 5 nitrogen and oxygen atoms in total. The molecule has 6 heteroatoms. The molecule has 114 valence electrons. The summed E-state index contributed by atoms with van der Waals surface area (Å²) in [4.78, 5) is 0.158. The number of anilines is 1. The zero-order valence-corrected chi connectivity index (χ0v) is 13.0. The second-order valence-electron chi connectivity index (χ2n) is 5.14. The van der Waals surface area contributed by atoms with Gasteiger partial charge < -0.3 is 9.73 Å². The second kappa shape index (κ2) is 6.32. The van der Waals surface area contributed by atoms with Crippen molar-refractivity contribution in [2.45, 2.75) is 37.6 Å². The van der Waals surface area contributed by atoms with E-state index in [4.69, 9.17) is 9.56 Å². The summed E-state index contributed by atoms with van der Waals surface area (Å²) in [5.74, 6) is 0.943. The number of primary sulfonamides is 1. The van der Waals surface area contributed by atoms with Crippen molar-refractivity contribution in [2.24, 2.45) is 5.14 Å². The first kappa shape index (κ1) is 15.6. The van der Waals surface area contributed by atoms with Gasteiger partial charge in [-0.05, 0) is 50.1 Å². The van der Waals surface area contributed by atoms with Crippen molar-refractivity contribution in [3.05, 3.63) is 47.9 Å². The van der Waals surface area contributed by atoms with Crippen molar-refractivity contribution in [3.8, 4) is 0 Å². The standard InChI is InChI=1S/C15H20N2O3S/c1-11(8-9-13-5-4-10-20-13)17-14-6-3-7-15(12(14)2)21(16,18)19/h3-7,10-11,17H,8-9H2,1-2H3,(H2,16,18,19). The molecule has 1 aromatic carbocycles. The fourth-order valence-corrected chi connectivity index (χ4v) is 3.04. The van der Waals surface area contributed by atoms with Crippen molar-refractivity contribution >= 4 is 15.7 Å². The van der Waals surface area contributed by atoms with Gasteiger partial charge in [-0.25, -0.2) is 13.6 Å². The summed E-state index contributed by atoms with van der Waals surface area (Å²) in [6.07, 6.45) is 3.37. The largest absolute Gasteiger partial charge is 0.469 e. The Morgan fingerprint density at radius 2 is 2.05 bits per heavy atom. The van der Waals surface area contributed by atoms with Crippen LogP contribution in [0.5, 0.6) is 0 Å². The number of furan rings is 1. The van der Waals surface area contributed by atoms with Crippen LogP contribution < -0.4 is 10.5 Å². The van der Waals surface area contributed by atoms with Crippen molar-refractivity contribution in [1.82, 2.24) is 0 Å². The molecule has 3 N–H and O–H groups in total. The molecular formula is C15H20N2O3S. The molecule has 1 aromatic heterocycles. The van der Waals surface area contributed by atoms with Crippen molar-refractivity contribution < 1.29 is 12.8 Å². The van der Waals surface area contributed by atoms with Crippen LogP contribution in [0, 0.1) is 6.92 Å². The maximum Gasteiger partial charge on any atom is 0.238 e. The summed E-state index contributed by atoms with van der Waals surface area (Å²) in [6, 6.07) is 9.06. The number of hydrogen-bond donors (Lipinski definition) is 2. The van der Waals surface area contributed by atoms with Crippen LogP contribution in [0.25, 0.3) is 0 Å². The highest BCUT2D eigenvalue weighted by Crippen LogP contribution is 2.23. The summed E-state index contributed by atoms with van der Waals surface area (Å²) in [6.45, 7) is 3.80. The third-order valence-electron chi connectivity index (χ3n) is 3.40. The number of hydrogen-bond acceptors (Lipinski definition) is 4. The summed E-state index contributed by atoms with van der Waals surface area (Å²) in [5.41, 5.74) is 1.43. The molecule has 21 heavy (non-hydrogen) atoms. The number of nitrogens with two attached hydrogens (primary N) is 1. The highest BCUT2D eigenvalue weighted by Gasteiger charge is 2.14. The number of nitrogens with one attached hydrogen (secondary N) is 1. The van der Waals surface area contributed by atoms with Crippen LogP contribution in [0.2, 0.25) is 0 Å². The molecule has 1 atom stereocenters. The van der Waals surface area contributed by atoms with Crippen molar-refractivity contribution in [3.63, 3.8) is 0 Å². The first-order chi connectivity index (χ1) is 9.88. The van der Waals surface area contributed by atoms with E-state index in [2.05, 4.69) is 5.32 Å². The Labute approximate surface area is 125 Å². The summed E-state index contributed by atoms with van der Waals surface area (Å²) in [7, 11) is -3.69. The molecule has 2 aromatic rings. The van der Waals surface area contributed by atoms with Crippen molar-refractivity contribution in [2.75, 3.05) is 5.32 Å². The molecule has 2 rings (SSSR count). The van der Waals surface area contributed by atoms with E-state index in [0.29, 0.717) is 5.56 Å². The van der Waals surface area contributed by atoms with Crippen LogP contribution in [0.3, 0.4) is 0 Å².